The molecule has 0 amide bonds. The molecule has 1 heterocycles. The van der Waals surface area contributed by atoms with Gasteiger partial charge in [0.25, 0.3) is 0 Å². The first kappa shape index (κ1) is 22.1. The summed E-state index contributed by atoms with van der Waals surface area (Å²) in [6.45, 7) is 8.41. The summed E-state index contributed by atoms with van der Waals surface area (Å²) in [6, 6.07) is 12.5. The van der Waals surface area contributed by atoms with Gasteiger partial charge in [-0.25, -0.2) is 0 Å². The van der Waals surface area contributed by atoms with Crippen LogP contribution in [-0.2, 0) is 11.3 Å². The fourth-order valence-electron chi connectivity index (χ4n) is 5.27. The lowest BCUT2D eigenvalue weighted by Crippen LogP contribution is -2.46. The third-order valence-corrected chi connectivity index (χ3v) is 7.54. The maximum Gasteiger partial charge on any atom is 0.320 e. The lowest BCUT2D eigenvalue weighted by molar-refractivity contribution is -0.145. The van der Waals surface area contributed by atoms with Crippen molar-refractivity contribution in [2.75, 3.05) is 6.54 Å². The highest BCUT2D eigenvalue weighted by Crippen LogP contribution is 2.37. The highest BCUT2D eigenvalue weighted by atomic mass is 16.5. The van der Waals surface area contributed by atoms with Crippen molar-refractivity contribution >= 4 is 16.7 Å². The van der Waals surface area contributed by atoms with Crippen molar-refractivity contribution in [1.29, 1.82) is 0 Å². The molecule has 4 heteroatoms. The van der Waals surface area contributed by atoms with Crippen molar-refractivity contribution in [3.05, 3.63) is 42.0 Å². The molecular formula is C27H37NO3. The summed E-state index contributed by atoms with van der Waals surface area (Å²) < 4.78 is 6.30. The number of carboxylic acids is 1. The quantitative estimate of drug-likeness (QED) is 0.595. The minimum absolute atomic E-state index is 0.323. The third-order valence-electron chi connectivity index (χ3n) is 7.54. The molecule has 0 bridgehead atoms. The fraction of sp³-hybridized carbons (Fsp3) is 0.593. The van der Waals surface area contributed by atoms with Gasteiger partial charge in [0.1, 0.15) is 11.8 Å². The number of nitrogens with zero attached hydrogens (tertiary/aromatic N) is 1. The Kier molecular flexibility index (Phi) is 6.57. The number of fused-ring (bicyclic) bond motifs is 1. The fourth-order valence-corrected chi connectivity index (χ4v) is 5.27. The van der Waals surface area contributed by atoms with Crippen LogP contribution in [0.2, 0.25) is 0 Å². The van der Waals surface area contributed by atoms with Crippen LogP contribution in [0.5, 0.6) is 5.75 Å². The predicted molar refractivity (Wildman–Crippen MR) is 125 cm³/mol. The molecule has 1 saturated carbocycles. The van der Waals surface area contributed by atoms with Gasteiger partial charge in [0.15, 0.2) is 0 Å². The highest BCUT2D eigenvalue weighted by molar-refractivity contribution is 5.84. The zero-order chi connectivity index (χ0) is 22.0. The zero-order valence-electron chi connectivity index (χ0n) is 19.3. The van der Waals surface area contributed by atoms with Gasteiger partial charge in [-0.3, -0.25) is 9.69 Å². The van der Waals surface area contributed by atoms with Gasteiger partial charge < -0.3 is 9.84 Å². The van der Waals surface area contributed by atoms with Crippen LogP contribution in [0.3, 0.4) is 0 Å². The lowest BCUT2D eigenvalue weighted by Gasteiger charge is -2.37. The molecule has 1 N–H and O–H groups in total. The molecule has 2 aliphatic rings. The normalized spacial score (nSPS) is 24.9. The molecule has 2 atom stereocenters. The molecule has 0 radical (unpaired) electrons. The number of aliphatic carboxylic acids is 1. The second-order valence-corrected chi connectivity index (χ2v) is 10.4. The van der Waals surface area contributed by atoms with E-state index in [2.05, 4.69) is 62.1 Å². The Morgan fingerprint density at radius 1 is 1.10 bits per heavy atom. The highest BCUT2D eigenvalue weighted by Gasteiger charge is 2.32. The predicted octanol–water partition coefficient (Wildman–Crippen LogP) is 6.26. The van der Waals surface area contributed by atoms with Crippen molar-refractivity contribution in [3.8, 4) is 5.75 Å². The molecule has 1 saturated heterocycles. The molecule has 0 aromatic heterocycles. The Morgan fingerprint density at radius 3 is 2.52 bits per heavy atom. The van der Waals surface area contributed by atoms with E-state index in [-0.39, 0.29) is 6.04 Å². The zero-order valence-corrected chi connectivity index (χ0v) is 19.3. The summed E-state index contributed by atoms with van der Waals surface area (Å²) in [5.74, 6) is 0.798. The number of hydrogen-bond donors (Lipinski definition) is 1. The molecule has 31 heavy (non-hydrogen) atoms. The van der Waals surface area contributed by atoms with Crippen molar-refractivity contribution in [1.82, 2.24) is 4.90 Å². The van der Waals surface area contributed by atoms with Crippen LogP contribution in [-0.4, -0.2) is 34.7 Å². The van der Waals surface area contributed by atoms with Crippen LogP contribution < -0.4 is 4.74 Å². The average molecular weight is 424 g/mol. The second-order valence-electron chi connectivity index (χ2n) is 10.4. The van der Waals surface area contributed by atoms with Gasteiger partial charge in [-0.05, 0) is 90.9 Å². The summed E-state index contributed by atoms with van der Waals surface area (Å²) in [5, 5.41) is 12.1. The van der Waals surface area contributed by atoms with Gasteiger partial charge in [0.05, 0.1) is 6.10 Å². The van der Waals surface area contributed by atoms with Gasteiger partial charge in [-0.1, -0.05) is 45.4 Å². The summed E-state index contributed by atoms with van der Waals surface area (Å²) in [6.07, 6.45) is 7.95. The molecule has 2 aromatic rings. The van der Waals surface area contributed by atoms with Gasteiger partial charge in [-0.2, -0.15) is 0 Å². The van der Waals surface area contributed by atoms with E-state index in [4.69, 9.17) is 4.74 Å². The Balaban J connectivity index is 1.43. The second kappa shape index (κ2) is 9.20. The van der Waals surface area contributed by atoms with Crippen molar-refractivity contribution < 1.29 is 14.6 Å². The van der Waals surface area contributed by atoms with E-state index in [1.165, 1.54) is 29.2 Å². The van der Waals surface area contributed by atoms with Crippen LogP contribution in [0.1, 0.15) is 71.3 Å². The molecule has 168 valence electrons. The van der Waals surface area contributed by atoms with Gasteiger partial charge in [-0.15, -0.1) is 0 Å². The largest absolute Gasteiger partial charge is 0.490 e. The Morgan fingerprint density at radius 2 is 1.81 bits per heavy atom. The average Bonchev–Trinajstić information content (AvgIpc) is 2.75. The van der Waals surface area contributed by atoms with Crippen LogP contribution in [0.15, 0.2) is 36.4 Å². The van der Waals surface area contributed by atoms with Crippen LogP contribution in [0.4, 0.5) is 0 Å². The number of hydrogen-bond acceptors (Lipinski definition) is 3. The maximum atomic E-state index is 11.8. The maximum absolute atomic E-state index is 11.8. The number of rotatable bonds is 6. The topological polar surface area (TPSA) is 49.8 Å². The number of benzene rings is 2. The molecule has 1 aliphatic heterocycles. The standard InChI is InChI=1S/C27H37NO3/c1-4-19-11-14-28(25(16-19)26(29)30)18-20-5-6-22-17-24(8-7-21(22)15-20)31-23-9-12-27(2,3)13-10-23/h5-8,15,17,19,23,25H,4,9-14,16,18H2,1-3H3,(H,29,30). The van der Waals surface area contributed by atoms with E-state index in [1.54, 1.807) is 0 Å². The van der Waals surface area contributed by atoms with E-state index in [1.807, 2.05) is 0 Å². The number of likely N-dealkylation sites (tertiary alicyclic amines) is 1. The third kappa shape index (κ3) is 5.41. The van der Waals surface area contributed by atoms with Crippen molar-refractivity contribution in [2.24, 2.45) is 11.3 Å². The molecule has 2 aromatic carbocycles. The van der Waals surface area contributed by atoms with Crippen molar-refractivity contribution in [2.45, 2.75) is 84.4 Å². The Hall–Kier alpha value is -2.07. The number of ether oxygens (including phenoxy) is 1. The van der Waals surface area contributed by atoms with Gasteiger partial charge in [0, 0.05) is 6.54 Å². The molecule has 4 rings (SSSR count). The van der Waals surface area contributed by atoms with E-state index >= 15 is 0 Å². The number of carbonyl (C=O) groups is 1. The van der Waals surface area contributed by atoms with Gasteiger partial charge in [0.2, 0.25) is 0 Å². The molecule has 2 fully saturated rings. The first-order valence-corrected chi connectivity index (χ1v) is 12.0. The minimum Gasteiger partial charge on any atom is -0.490 e. The van der Waals surface area contributed by atoms with E-state index < -0.39 is 5.97 Å². The van der Waals surface area contributed by atoms with E-state index in [9.17, 15) is 9.90 Å². The van der Waals surface area contributed by atoms with Crippen LogP contribution in [0.25, 0.3) is 10.8 Å². The Bertz CT molecular complexity index is 912. The van der Waals surface area contributed by atoms with Gasteiger partial charge >= 0.3 is 5.97 Å². The molecule has 4 nitrogen and oxygen atoms in total. The Labute approximate surface area is 186 Å². The summed E-state index contributed by atoms with van der Waals surface area (Å²) in [4.78, 5) is 13.9. The van der Waals surface area contributed by atoms with Crippen molar-refractivity contribution in [3.63, 3.8) is 0 Å². The first-order valence-electron chi connectivity index (χ1n) is 12.0. The molecular weight excluding hydrogens is 386 g/mol. The summed E-state index contributed by atoms with van der Waals surface area (Å²) in [7, 11) is 0. The smallest absolute Gasteiger partial charge is 0.320 e. The summed E-state index contributed by atoms with van der Waals surface area (Å²) in [5.41, 5.74) is 1.63. The molecule has 0 spiro atoms. The molecule has 2 unspecified atom stereocenters. The van der Waals surface area contributed by atoms with Crippen LogP contribution >= 0.6 is 0 Å². The first-order chi connectivity index (χ1) is 14.8. The molecule has 1 aliphatic carbocycles. The van der Waals surface area contributed by atoms with E-state index in [0.717, 1.165) is 44.4 Å². The van der Waals surface area contributed by atoms with E-state index in [0.29, 0.717) is 24.0 Å². The number of carboxylic acid groups (broad SMARTS) is 1. The SMILES string of the molecule is CCC1CCN(Cc2ccc3cc(OC4CCC(C)(C)CC4)ccc3c2)C(C(=O)O)C1. The lowest BCUT2D eigenvalue weighted by atomic mass is 9.76. The summed E-state index contributed by atoms with van der Waals surface area (Å²) >= 11 is 0. The monoisotopic (exact) mass is 423 g/mol. The number of piperidine rings is 1. The van der Waals surface area contributed by atoms with Crippen LogP contribution in [0, 0.1) is 11.3 Å². The minimum atomic E-state index is -0.688.